The van der Waals surface area contributed by atoms with Gasteiger partial charge in [-0.25, -0.2) is 4.98 Å². The summed E-state index contributed by atoms with van der Waals surface area (Å²) < 4.78 is 7.11. The van der Waals surface area contributed by atoms with E-state index in [1.165, 1.54) is 0 Å². The molecule has 6 nitrogen and oxygen atoms in total. The summed E-state index contributed by atoms with van der Waals surface area (Å²) in [6, 6.07) is 1.93. The molecule has 0 saturated carbocycles. The summed E-state index contributed by atoms with van der Waals surface area (Å²) in [5, 5.41) is 6.48. The van der Waals surface area contributed by atoms with Crippen LogP contribution in [0.5, 0.6) is 0 Å². The minimum Gasteiger partial charge on any atom is -0.472 e. The molecule has 2 heterocycles. The lowest BCUT2D eigenvalue weighted by Gasteiger charge is -2.12. The number of aliphatic imine (C=N–C) groups is 1. The molecule has 0 spiro atoms. The minimum absolute atomic E-state index is 0. The average Bonchev–Trinajstić information content (AvgIpc) is 3.06. The van der Waals surface area contributed by atoms with Gasteiger partial charge >= 0.3 is 0 Å². The molecule has 0 aliphatic heterocycles. The Labute approximate surface area is 135 Å². The van der Waals surface area contributed by atoms with Gasteiger partial charge in [-0.3, -0.25) is 4.99 Å². The maximum absolute atomic E-state index is 5.01. The fourth-order valence-corrected chi connectivity index (χ4v) is 1.73. The third-order valence-electron chi connectivity index (χ3n) is 2.83. The van der Waals surface area contributed by atoms with Crippen LogP contribution in [0.4, 0.5) is 0 Å². The van der Waals surface area contributed by atoms with Crippen LogP contribution in [-0.4, -0.2) is 29.1 Å². The summed E-state index contributed by atoms with van der Waals surface area (Å²) in [4.78, 5) is 8.35. The van der Waals surface area contributed by atoms with E-state index in [-0.39, 0.29) is 24.0 Å². The Morgan fingerprint density at radius 3 is 2.90 bits per heavy atom. The zero-order valence-electron chi connectivity index (χ0n) is 11.7. The van der Waals surface area contributed by atoms with Crippen molar-refractivity contribution in [2.45, 2.75) is 20.0 Å². The van der Waals surface area contributed by atoms with E-state index in [2.05, 4.69) is 25.2 Å². The summed E-state index contributed by atoms with van der Waals surface area (Å²) in [6.45, 7) is 4.34. The van der Waals surface area contributed by atoms with Gasteiger partial charge in [0.2, 0.25) is 0 Å². The van der Waals surface area contributed by atoms with Gasteiger partial charge in [0.05, 0.1) is 12.5 Å². The van der Waals surface area contributed by atoms with Gasteiger partial charge < -0.3 is 19.6 Å². The molecular weight excluding hydrogens is 369 g/mol. The average molecular weight is 389 g/mol. The topological polar surface area (TPSA) is 67.4 Å². The highest BCUT2D eigenvalue weighted by Crippen LogP contribution is 1.98. The third-order valence-corrected chi connectivity index (χ3v) is 2.83. The van der Waals surface area contributed by atoms with Crippen molar-refractivity contribution in [2.24, 2.45) is 4.99 Å². The van der Waals surface area contributed by atoms with Crippen LogP contribution < -0.4 is 10.6 Å². The molecule has 0 bridgehead atoms. The molecule has 0 fully saturated rings. The number of hydrogen-bond acceptors (Lipinski definition) is 3. The van der Waals surface area contributed by atoms with Crippen LogP contribution in [0.3, 0.4) is 0 Å². The van der Waals surface area contributed by atoms with E-state index >= 15 is 0 Å². The quantitative estimate of drug-likeness (QED) is 0.465. The molecular formula is C13H20IN5O. The first-order valence-electron chi connectivity index (χ1n) is 6.23. The van der Waals surface area contributed by atoms with Crippen molar-refractivity contribution in [3.05, 3.63) is 42.4 Å². The molecule has 20 heavy (non-hydrogen) atoms. The maximum atomic E-state index is 5.01. The molecule has 7 heteroatoms. The smallest absolute Gasteiger partial charge is 0.191 e. The van der Waals surface area contributed by atoms with Gasteiger partial charge in [0.25, 0.3) is 0 Å². The Hall–Kier alpha value is -1.51. The summed E-state index contributed by atoms with van der Waals surface area (Å²) in [5.74, 6) is 1.79. The van der Waals surface area contributed by atoms with Crippen molar-refractivity contribution in [1.82, 2.24) is 20.2 Å². The molecule has 0 aliphatic carbocycles. The Bertz CT molecular complexity index is 521. The number of imidazole rings is 1. The fourth-order valence-electron chi connectivity index (χ4n) is 1.73. The number of guanidine groups is 1. The van der Waals surface area contributed by atoms with Crippen molar-refractivity contribution >= 4 is 29.9 Å². The standard InChI is InChI=1S/C13H19N5O.HI/c1-11-15-4-6-18(11)7-5-16-13(14-2)17-9-12-3-8-19-10-12;/h3-4,6,8,10H,5,7,9H2,1-2H3,(H2,14,16,17);1H. The van der Waals surface area contributed by atoms with Gasteiger partial charge in [-0.2, -0.15) is 0 Å². The summed E-state index contributed by atoms with van der Waals surface area (Å²) in [6.07, 6.45) is 7.16. The summed E-state index contributed by atoms with van der Waals surface area (Å²) in [5.41, 5.74) is 1.09. The molecule has 0 amide bonds. The molecule has 2 aromatic rings. The van der Waals surface area contributed by atoms with Crippen molar-refractivity contribution in [3.8, 4) is 0 Å². The monoisotopic (exact) mass is 389 g/mol. The van der Waals surface area contributed by atoms with Gasteiger partial charge in [0, 0.05) is 44.6 Å². The predicted octanol–water partition coefficient (Wildman–Crippen LogP) is 1.77. The molecule has 0 aromatic carbocycles. The maximum Gasteiger partial charge on any atom is 0.191 e. The van der Waals surface area contributed by atoms with Gasteiger partial charge in [0.1, 0.15) is 5.82 Å². The first-order valence-corrected chi connectivity index (χ1v) is 6.23. The SMILES string of the molecule is CN=C(NCCn1ccnc1C)NCc1ccoc1.I. The number of rotatable bonds is 5. The minimum atomic E-state index is 0. The second-order valence-electron chi connectivity index (χ2n) is 4.15. The van der Waals surface area contributed by atoms with E-state index in [0.717, 1.165) is 30.4 Å². The van der Waals surface area contributed by atoms with E-state index in [1.54, 1.807) is 25.8 Å². The first-order chi connectivity index (χ1) is 9.29. The number of nitrogens with one attached hydrogen (secondary N) is 2. The van der Waals surface area contributed by atoms with Gasteiger partial charge in [-0.05, 0) is 13.0 Å². The molecule has 0 atom stereocenters. The molecule has 2 aromatic heterocycles. The van der Waals surface area contributed by atoms with Crippen LogP contribution in [0, 0.1) is 6.92 Å². The molecule has 0 unspecified atom stereocenters. The van der Waals surface area contributed by atoms with Crippen LogP contribution >= 0.6 is 24.0 Å². The van der Waals surface area contributed by atoms with Crippen LogP contribution in [0.15, 0.2) is 40.4 Å². The highest BCUT2D eigenvalue weighted by molar-refractivity contribution is 14.0. The third kappa shape index (κ3) is 4.87. The summed E-state index contributed by atoms with van der Waals surface area (Å²) >= 11 is 0. The normalized spacial score (nSPS) is 11.0. The van der Waals surface area contributed by atoms with E-state index in [4.69, 9.17) is 4.42 Å². The predicted molar refractivity (Wildman–Crippen MR) is 89.3 cm³/mol. The number of hydrogen-bond donors (Lipinski definition) is 2. The van der Waals surface area contributed by atoms with E-state index < -0.39 is 0 Å². The van der Waals surface area contributed by atoms with Gasteiger partial charge in [-0.1, -0.05) is 0 Å². The lowest BCUT2D eigenvalue weighted by Crippen LogP contribution is -2.38. The van der Waals surface area contributed by atoms with Crippen LogP contribution in [0.1, 0.15) is 11.4 Å². The highest BCUT2D eigenvalue weighted by Gasteiger charge is 2.00. The molecule has 0 aliphatic rings. The van der Waals surface area contributed by atoms with Crippen LogP contribution in [0.25, 0.3) is 0 Å². The lowest BCUT2D eigenvalue weighted by atomic mass is 10.3. The highest BCUT2D eigenvalue weighted by atomic mass is 127. The second-order valence-corrected chi connectivity index (χ2v) is 4.15. The largest absolute Gasteiger partial charge is 0.472 e. The second kappa shape index (κ2) is 8.62. The van der Waals surface area contributed by atoms with Crippen LogP contribution in [-0.2, 0) is 13.1 Å². The van der Waals surface area contributed by atoms with Crippen molar-refractivity contribution in [3.63, 3.8) is 0 Å². The van der Waals surface area contributed by atoms with Crippen molar-refractivity contribution in [1.29, 1.82) is 0 Å². The fraction of sp³-hybridized carbons (Fsp3) is 0.385. The Morgan fingerprint density at radius 2 is 2.30 bits per heavy atom. The Kier molecular flexibility index (Phi) is 7.13. The number of furan rings is 1. The zero-order valence-corrected chi connectivity index (χ0v) is 14.0. The number of halogens is 1. The van der Waals surface area contributed by atoms with E-state index in [9.17, 15) is 0 Å². The number of aromatic nitrogens is 2. The van der Waals surface area contributed by atoms with Crippen LogP contribution in [0.2, 0.25) is 0 Å². The molecule has 2 rings (SSSR count). The lowest BCUT2D eigenvalue weighted by molar-refractivity contribution is 0.563. The molecule has 110 valence electrons. The number of nitrogens with zero attached hydrogens (tertiary/aromatic N) is 3. The summed E-state index contributed by atoms with van der Waals surface area (Å²) in [7, 11) is 1.76. The van der Waals surface area contributed by atoms with Gasteiger partial charge in [-0.15, -0.1) is 24.0 Å². The molecule has 2 N–H and O–H groups in total. The van der Waals surface area contributed by atoms with E-state index in [1.807, 2.05) is 19.2 Å². The molecule has 0 radical (unpaired) electrons. The molecule has 0 saturated heterocycles. The Balaban J connectivity index is 0.00000200. The van der Waals surface area contributed by atoms with Gasteiger partial charge in [0.15, 0.2) is 5.96 Å². The van der Waals surface area contributed by atoms with E-state index in [0.29, 0.717) is 6.54 Å². The first kappa shape index (κ1) is 16.5. The van der Waals surface area contributed by atoms with Crippen molar-refractivity contribution in [2.75, 3.05) is 13.6 Å². The number of aryl methyl sites for hydroxylation is 1. The Morgan fingerprint density at radius 1 is 1.45 bits per heavy atom. The zero-order chi connectivity index (χ0) is 13.5. The van der Waals surface area contributed by atoms with Crippen molar-refractivity contribution < 1.29 is 4.42 Å².